The van der Waals surface area contributed by atoms with Gasteiger partial charge >= 0.3 is 0 Å². The molecule has 0 aromatic carbocycles. The van der Waals surface area contributed by atoms with Crippen molar-refractivity contribution < 1.29 is 0 Å². The Hall–Kier alpha value is 0.310. The zero-order valence-electron chi connectivity index (χ0n) is 5.15. The molecule has 44 valence electrons. The van der Waals surface area contributed by atoms with E-state index >= 15 is 0 Å². The fourth-order valence-electron chi connectivity index (χ4n) is 0.237. The Kier molecular flexibility index (Phi) is 2.69. The van der Waals surface area contributed by atoms with E-state index in [1.165, 1.54) is 0 Å². The van der Waals surface area contributed by atoms with Crippen molar-refractivity contribution in [3.63, 3.8) is 0 Å². The van der Waals surface area contributed by atoms with Crippen LogP contribution >= 0.6 is 12.6 Å². The number of hydrogen-bond acceptors (Lipinski definition) is 2. The van der Waals surface area contributed by atoms with Gasteiger partial charge in [-0.3, -0.25) is 0 Å². The molecule has 0 saturated carbocycles. The monoisotopic (exact) mass is 119 g/mol. The number of nitrogens with one attached hydrogen (secondary N) is 1. The first-order valence-electron chi connectivity index (χ1n) is 2.42. The van der Waals surface area contributed by atoms with Crippen LogP contribution in [-0.2, 0) is 0 Å². The molecule has 0 aliphatic heterocycles. The predicted molar refractivity (Wildman–Crippen MR) is 36.7 cm³/mol. The van der Waals surface area contributed by atoms with Crippen molar-refractivity contribution in [2.45, 2.75) is 26.3 Å². The molecular weight excluding hydrogens is 106 g/mol. The maximum Gasteiger partial charge on any atom is 0.0391 e. The van der Waals surface area contributed by atoms with Crippen LogP contribution < -0.4 is 5.32 Å². The molecule has 2 heteroatoms. The standard InChI is InChI=1S/C5H13NS/c1-5(2,3)6-4-7/h6-7H,4H2,1-3H3. The molecule has 0 unspecified atom stereocenters. The van der Waals surface area contributed by atoms with Gasteiger partial charge in [0, 0.05) is 11.4 Å². The van der Waals surface area contributed by atoms with Crippen molar-refractivity contribution in [2.24, 2.45) is 0 Å². The predicted octanol–water partition coefficient (Wildman–Crippen LogP) is 1.26. The summed E-state index contributed by atoms with van der Waals surface area (Å²) >= 11 is 4.00. The summed E-state index contributed by atoms with van der Waals surface area (Å²) in [6.07, 6.45) is 0. The SMILES string of the molecule is CC(C)(C)NCS. The van der Waals surface area contributed by atoms with Crippen LogP contribution in [0.5, 0.6) is 0 Å². The van der Waals surface area contributed by atoms with E-state index in [1.54, 1.807) is 0 Å². The minimum absolute atomic E-state index is 0.224. The van der Waals surface area contributed by atoms with Crippen molar-refractivity contribution in [2.75, 3.05) is 5.88 Å². The van der Waals surface area contributed by atoms with E-state index in [0.717, 1.165) is 5.88 Å². The maximum atomic E-state index is 4.00. The first kappa shape index (κ1) is 7.31. The van der Waals surface area contributed by atoms with E-state index in [9.17, 15) is 0 Å². The van der Waals surface area contributed by atoms with Crippen molar-refractivity contribution in [3.05, 3.63) is 0 Å². The second-order valence-corrected chi connectivity index (χ2v) is 2.90. The van der Waals surface area contributed by atoms with Crippen molar-refractivity contribution in [1.29, 1.82) is 0 Å². The fourth-order valence-corrected chi connectivity index (χ4v) is 0.712. The lowest BCUT2D eigenvalue weighted by molar-refractivity contribution is 0.462. The molecule has 0 aromatic rings. The lowest BCUT2D eigenvalue weighted by Gasteiger charge is -2.17. The van der Waals surface area contributed by atoms with Gasteiger partial charge in [0.1, 0.15) is 0 Å². The van der Waals surface area contributed by atoms with E-state index in [2.05, 4.69) is 38.7 Å². The van der Waals surface area contributed by atoms with Gasteiger partial charge in [-0.1, -0.05) is 0 Å². The Morgan fingerprint density at radius 3 is 1.86 bits per heavy atom. The van der Waals surface area contributed by atoms with Crippen LogP contribution in [0.15, 0.2) is 0 Å². The molecule has 0 fully saturated rings. The zero-order chi connectivity index (χ0) is 5.91. The molecule has 0 atom stereocenters. The summed E-state index contributed by atoms with van der Waals surface area (Å²) in [4.78, 5) is 0. The molecular formula is C5H13NS. The molecule has 0 aromatic heterocycles. The molecule has 0 bridgehead atoms. The lowest BCUT2D eigenvalue weighted by atomic mass is 10.1. The minimum Gasteiger partial charge on any atom is -0.303 e. The van der Waals surface area contributed by atoms with Gasteiger partial charge in [-0.15, -0.1) is 0 Å². The van der Waals surface area contributed by atoms with Gasteiger partial charge in [-0.2, -0.15) is 12.6 Å². The van der Waals surface area contributed by atoms with Gasteiger partial charge in [0.25, 0.3) is 0 Å². The molecule has 0 radical (unpaired) electrons. The number of hydrogen-bond donors (Lipinski definition) is 2. The van der Waals surface area contributed by atoms with E-state index in [0.29, 0.717) is 0 Å². The third-order valence-corrected chi connectivity index (χ3v) is 0.768. The van der Waals surface area contributed by atoms with Gasteiger partial charge in [0.15, 0.2) is 0 Å². The number of rotatable bonds is 1. The van der Waals surface area contributed by atoms with Crippen molar-refractivity contribution in [1.82, 2.24) is 5.32 Å². The summed E-state index contributed by atoms with van der Waals surface area (Å²) in [7, 11) is 0. The highest BCUT2D eigenvalue weighted by molar-refractivity contribution is 7.80. The van der Waals surface area contributed by atoms with Gasteiger partial charge in [-0.25, -0.2) is 0 Å². The van der Waals surface area contributed by atoms with E-state index < -0.39 is 0 Å². The van der Waals surface area contributed by atoms with E-state index in [4.69, 9.17) is 0 Å². The fraction of sp³-hybridized carbons (Fsp3) is 1.00. The molecule has 1 N–H and O–H groups in total. The quantitative estimate of drug-likeness (QED) is 0.391. The van der Waals surface area contributed by atoms with Crippen molar-refractivity contribution in [3.8, 4) is 0 Å². The lowest BCUT2D eigenvalue weighted by Crippen LogP contribution is -2.34. The molecule has 0 aliphatic carbocycles. The van der Waals surface area contributed by atoms with Gasteiger partial charge in [0.05, 0.1) is 0 Å². The molecule has 0 amide bonds. The molecule has 1 nitrogen and oxygen atoms in total. The van der Waals surface area contributed by atoms with Crippen LogP contribution in [0.25, 0.3) is 0 Å². The minimum atomic E-state index is 0.224. The Morgan fingerprint density at radius 1 is 1.43 bits per heavy atom. The largest absolute Gasteiger partial charge is 0.303 e. The molecule has 0 rings (SSSR count). The molecule has 0 aliphatic rings. The topological polar surface area (TPSA) is 12.0 Å². The molecule has 0 heterocycles. The van der Waals surface area contributed by atoms with Crippen molar-refractivity contribution >= 4 is 12.6 Å². The van der Waals surface area contributed by atoms with E-state index in [1.807, 2.05) is 0 Å². The summed E-state index contributed by atoms with van der Waals surface area (Å²) in [5.74, 6) is 0.753. The maximum absolute atomic E-state index is 4.00. The van der Waals surface area contributed by atoms with E-state index in [-0.39, 0.29) is 5.54 Å². The second-order valence-electron chi connectivity index (χ2n) is 2.58. The first-order valence-corrected chi connectivity index (χ1v) is 3.05. The normalized spacial score (nSPS) is 12.0. The second kappa shape index (κ2) is 2.58. The summed E-state index contributed by atoms with van der Waals surface area (Å²) in [5.41, 5.74) is 0.224. The number of thiol groups is 1. The average Bonchev–Trinajstić information content (AvgIpc) is 1.30. The van der Waals surface area contributed by atoms with Crippen LogP contribution in [0, 0.1) is 0 Å². The summed E-state index contributed by atoms with van der Waals surface area (Å²) in [6, 6.07) is 0. The highest BCUT2D eigenvalue weighted by Crippen LogP contribution is 1.96. The highest BCUT2D eigenvalue weighted by Gasteiger charge is 2.04. The Bertz CT molecular complexity index is 46.5. The van der Waals surface area contributed by atoms with Gasteiger partial charge in [-0.05, 0) is 20.8 Å². The third kappa shape index (κ3) is 6.31. The van der Waals surface area contributed by atoms with Crippen LogP contribution in [0.3, 0.4) is 0 Å². The Balaban J connectivity index is 3.15. The Labute approximate surface area is 50.9 Å². The van der Waals surface area contributed by atoms with Crippen LogP contribution in [0.1, 0.15) is 20.8 Å². The van der Waals surface area contributed by atoms with Crippen LogP contribution in [0.4, 0.5) is 0 Å². The summed E-state index contributed by atoms with van der Waals surface area (Å²) in [5, 5.41) is 3.15. The van der Waals surface area contributed by atoms with Gasteiger partial charge < -0.3 is 5.32 Å². The first-order chi connectivity index (χ1) is 3.06. The smallest absolute Gasteiger partial charge is 0.0391 e. The molecule has 0 spiro atoms. The van der Waals surface area contributed by atoms with Crippen LogP contribution in [0.2, 0.25) is 0 Å². The summed E-state index contributed by atoms with van der Waals surface area (Å²) in [6.45, 7) is 6.34. The van der Waals surface area contributed by atoms with Gasteiger partial charge in [0.2, 0.25) is 0 Å². The summed E-state index contributed by atoms with van der Waals surface area (Å²) < 4.78 is 0. The highest BCUT2D eigenvalue weighted by atomic mass is 32.1. The Morgan fingerprint density at radius 2 is 1.86 bits per heavy atom. The third-order valence-electron chi connectivity index (χ3n) is 0.609. The molecule has 7 heavy (non-hydrogen) atoms. The average molecular weight is 119 g/mol. The zero-order valence-corrected chi connectivity index (χ0v) is 6.05. The van der Waals surface area contributed by atoms with Crippen LogP contribution in [-0.4, -0.2) is 11.4 Å². The molecule has 0 saturated heterocycles.